The van der Waals surface area contributed by atoms with Crippen molar-refractivity contribution in [1.82, 2.24) is 19.8 Å². The van der Waals surface area contributed by atoms with E-state index in [9.17, 15) is 33.5 Å². The molecule has 5 atom stereocenters. The number of ether oxygens (including phenoxy) is 2. The average Bonchev–Trinajstić information content (AvgIpc) is 3.44. The highest BCUT2D eigenvalue weighted by Gasteiger charge is 2.40. The number of nitrogens with one attached hydrogen (secondary N) is 2. The van der Waals surface area contributed by atoms with Crippen LogP contribution in [0.4, 0.5) is 4.39 Å². The van der Waals surface area contributed by atoms with E-state index >= 15 is 0 Å². The van der Waals surface area contributed by atoms with Crippen LogP contribution >= 0.6 is 11.8 Å². The third-order valence-electron chi connectivity index (χ3n) is 5.81. The molecule has 188 valence electrons. The number of carbonyl (C=O) groups is 3. The van der Waals surface area contributed by atoms with Gasteiger partial charge in [-0.1, -0.05) is 0 Å². The van der Waals surface area contributed by atoms with Gasteiger partial charge in [-0.15, -0.1) is 0 Å². The second-order valence-electron chi connectivity index (χ2n) is 8.01. The number of aliphatic hydroxyl groups is 1. The Morgan fingerprint density at radius 2 is 2.24 bits per heavy atom. The second kappa shape index (κ2) is 11.6. The lowest BCUT2D eigenvalue weighted by atomic mass is 10.1. The average molecular weight is 503 g/mol. The van der Waals surface area contributed by atoms with Crippen molar-refractivity contribution < 1.29 is 33.4 Å². The van der Waals surface area contributed by atoms with Gasteiger partial charge < -0.3 is 24.8 Å². The fourth-order valence-corrected chi connectivity index (χ4v) is 4.51. The number of hydrogen-bond acceptors (Lipinski definition) is 9. The lowest BCUT2D eigenvalue weighted by molar-refractivity contribution is -0.159. The van der Waals surface area contributed by atoms with Gasteiger partial charge in [-0.2, -0.15) is 16.2 Å². The zero-order chi connectivity index (χ0) is 24.8. The number of aromatic amines is 1. The summed E-state index contributed by atoms with van der Waals surface area (Å²) in [6, 6.07) is -1.57. The molecule has 1 aromatic heterocycles. The first-order valence-corrected chi connectivity index (χ1v) is 12.2. The summed E-state index contributed by atoms with van der Waals surface area (Å²) in [4.78, 5) is 62.8. The second-order valence-corrected chi connectivity index (χ2v) is 9.00. The fourth-order valence-electron chi connectivity index (χ4n) is 4.04. The van der Waals surface area contributed by atoms with Crippen LogP contribution in [-0.2, 0) is 23.9 Å². The minimum atomic E-state index is -1.18. The molecule has 34 heavy (non-hydrogen) atoms. The summed E-state index contributed by atoms with van der Waals surface area (Å²) in [6.07, 6.45) is 1.18. The van der Waals surface area contributed by atoms with Gasteiger partial charge in [-0.05, 0) is 31.3 Å². The number of carbonyl (C=O) groups excluding carboxylic acids is 3. The van der Waals surface area contributed by atoms with E-state index in [0.29, 0.717) is 44.2 Å². The Morgan fingerprint density at radius 3 is 2.94 bits per heavy atom. The molecule has 0 saturated carbocycles. The number of thioether (sulfide) groups is 1. The van der Waals surface area contributed by atoms with Crippen LogP contribution in [-0.4, -0.2) is 87.3 Å². The van der Waals surface area contributed by atoms with E-state index in [0.717, 1.165) is 4.57 Å². The van der Waals surface area contributed by atoms with Crippen molar-refractivity contribution in [3.63, 3.8) is 0 Å². The number of likely N-dealkylation sites (tertiary alicyclic amines) is 1. The van der Waals surface area contributed by atoms with Gasteiger partial charge in [-0.3, -0.25) is 23.9 Å². The molecule has 3 heterocycles. The first kappa shape index (κ1) is 25.9. The highest BCUT2D eigenvalue weighted by molar-refractivity contribution is 7.98. The van der Waals surface area contributed by atoms with E-state index in [1.807, 2.05) is 11.2 Å². The molecule has 3 unspecified atom stereocenters. The van der Waals surface area contributed by atoms with Crippen LogP contribution in [0.2, 0.25) is 0 Å². The maximum absolute atomic E-state index is 13.6. The summed E-state index contributed by atoms with van der Waals surface area (Å²) in [5.41, 5.74) is -2.07. The van der Waals surface area contributed by atoms with Crippen LogP contribution in [0.3, 0.4) is 0 Å². The van der Waals surface area contributed by atoms with Gasteiger partial charge in [0.1, 0.15) is 31.0 Å². The molecule has 0 aliphatic carbocycles. The van der Waals surface area contributed by atoms with Crippen molar-refractivity contribution in [2.75, 3.05) is 25.2 Å². The molecule has 2 aliphatic heterocycles. The first-order valence-electron chi connectivity index (χ1n) is 10.8. The maximum atomic E-state index is 13.6. The highest BCUT2D eigenvalue weighted by Crippen LogP contribution is 2.28. The molecule has 0 aromatic carbocycles. The third kappa shape index (κ3) is 5.85. The lowest BCUT2D eigenvalue weighted by Gasteiger charge is -2.28. The summed E-state index contributed by atoms with van der Waals surface area (Å²) < 4.78 is 25.2. The number of amides is 2. The third-order valence-corrected chi connectivity index (χ3v) is 6.46. The summed E-state index contributed by atoms with van der Waals surface area (Å²) in [5.74, 6) is -1.57. The minimum absolute atomic E-state index is 0.0872. The number of esters is 1. The van der Waals surface area contributed by atoms with E-state index in [-0.39, 0.29) is 18.9 Å². The van der Waals surface area contributed by atoms with Crippen molar-refractivity contribution in [2.45, 2.75) is 56.2 Å². The summed E-state index contributed by atoms with van der Waals surface area (Å²) in [5, 5.41) is 12.8. The molecule has 2 saturated heterocycles. The quantitative estimate of drug-likeness (QED) is 0.262. The Morgan fingerprint density at radius 1 is 1.47 bits per heavy atom. The van der Waals surface area contributed by atoms with Gasteiger partial charge in [-0.25, -0.2) is 9.59 Å². The van der Waals surface area contributed by atoms with Crippen molar-refractivity contribution in [3.05, 3.63) is 32.9 Å². The van der Waals surface area contributed by atoms with Gasteiger partial charge in [0.2, 0.25) is 18.1 Å². The minimum Gasteiger partial charge on any atom is -0.461 e. The van der Waals surface area contributed by atoms with Crippen molar-refractivity contribution in [3.8, 4) is 0 Å². The molecule has 2 aliphatic rings. The summed E-state index contributed by atoms with van der Waals surface area (Å²) >= 11 is 1.53. The van der Waals surface area contributed by atoms with Crippen molar-refractivity contribution in [2.24, 2.45) is 0 Å². The van der Waals surface area contributed by atoms with Crippen molar-refractivity contribution in [1.29, 1.82) is 0 Å². The highest BCUT2D eigenvalue weighted by atomic mass is 32.2. The molecular weight excluding hydrogens is 475 g/mol. The van der Waals surface area contributed by atoms with Crippen LogP contribution in [0.5, 0.6) is 0 Å². The van der Waals surface area contributed by atoms with Crippen LogP contribution in [0.1, 0.15) is 31.9 Å². The predicted octanol–water partition coefficient (Wildman–Crippen LogP) is -1.27. The lowest BCUT2D eigenvalue weighted by Crippen LogP contribution is -2.50. The van der Waals surface area contributed by atoms with Gasteiger partial charge in [0.25, 0.3) is 5.56 Å². The molecule has 3 rings (SSSR count). The molecule has 2 fully saturated rings. The maximum Gasteiger partial charge on any atom is 0.330 e. The van der Waals surface area contributed by atoms with Gasteiger partial charge in [0.05, 0.1) is 12.3 Å². The van der Waals surface area contributed by atoms with Crippen LogP contribution in [0.15, 0.2) is 15.8 Å². The Labute approximate surface area is 197 Å². The zero-order valence-electron chi connectivity index (χ0n) is 18.5. The normalized spacial score (nSPS) is 25.2. The number of halogens is 1. The van der Waals surface area contributed by atoms with Crippen LogP contribution in [0, 0.1) is 5.82 Å². The molecule has 1 aromatic rings. The number of hydrogen-bond donors (Lipinski definition) is 3. The number of nitrogens with zero attached hydrogens (tertiary/aromatic N) is 2. The van der Waals surface area contributed by atoms with Gasteiger partial charge in [0, 0.05) is 13.0 Å². The first-order chi connectivity index (χ1) is 16.3. The monoisotopic (exact) mass is 502 g/mol. The molecule has 0 bridgehead atoms. The van der Waals surface area contributed by atoms with E-state index in [1.165, 1.54) is 16.7 Å². The van der Waals surface area contributed by atoms with Gasteiger partial charge in [0.15, 0.2) is 0 Å². The zero-order valence-corrected chi connectivity index (χ0v) is 19.3. The topological polar surface area (TPSA) is 160 Å². The number of aliphatic hydroxyl groups excluding tert-OH is 1. The molecule has 0 spiro atoms. The molecule has 3 N–H and O–H groups in total. The largest absolute Gasteiger partial charge is 0.461 e. The molecule has 14 heteroatoms. The fraction of sp³-hybridized carbons (Fsp3) is 0.650. The van der Waals surface area contributed by atoms with E-state index in [1.54, 1.807) is 0 Å². The van der Waals surface area contributed by atoms with E-state index < -0.39 is 53.6 Å². The smallest absolute Gasteiger partial charge is 0.330 e. The summed E-state index contributed by atoms with van der Waals surface area (Å²) in [6.45, 7) is -0.00166. The molecule has 12 nitrogen and oxygen atoms in total. The Kier molecular flexibility index (Phi) is 8.85. The van der Waals surface area contributed by atoms with Crippen molar-refractivity contribution >= 4 is 30.0 Å². The predicted molar refractivity (Wildman–Crippen MR) is 117 cm³/mol. The molecule has 2 amide bonds. The van der Waals surface area contributed by atoms with Crippen LogP contribution < -0.4 is 16.6 Å². The SMILES string of the molecule is CSCC[C@H](NC=O)C(=O)N1CCC[C@@H]1C(=O)OCC1OC(n2cc(F)c(=O)[nH]c2=O)CC1O. The Bertz CT molecular complexity index is 1020. The van der Waals surface area contributed by atoms with Crippen LogP contribution in [0.25, 0.3) is 0 Å². The Balaban J connectivity index is 1.59. The Hall–Kier alpha value is -2.71. The number of rotatable bonds is 10. The molecule has 0 radical (unpaired) electrons. The van der Waals surface area contributed by atoms with E-state index in [4.69, 9.17) is 9.47 Å². The molecular formula is C20H27FN4O8S. The number of aromatic nitrogens is 2. The van der Waals surface area contributed by atoms with Gasteiger partial charge >= 0.3 is 11.7 Å². The van der Waals surface area contributed by atoms with E-state index in [2.05, 4.69) is 5.32 Å². The summed E-state index contributed by atoms with van der Waals surface area (Å²) in [7, 11) is 0. The standard InChI is InChI=1S/C20H27FN4O8S/c1-34-6-4-12(22-10-26)18(29)24-5-2-3-13(24)19(30)32-9-15-14(27)7-16(33-15)25-8-11(21)17(28)23-20(25)31/h8,10,12-16,27H,2-7,9H2,1H3,(H,22,26)(H,23,28,31)/t12-,13+,14?,15?,16?/m0/s1. The number of H-pyrrole nitrogens is 1.